The van der Waals surface area contributed by atoms with Gasteiger partial charge >= 0.3 is 6.03 Å². The number of nitrogens with one attached hydrogen (secondary N) is 1. The molecule has 2 N–H and O–H groups in total. The Morgan fingerprint density at radius 2 is 2.16 bits per heavy atom. The van der Waals surface area contributed by atoms with Crippen LogP contribution < -0.4 is 5.32 Å². The highest BCUT2D eigenvalue weighted by molar-refractivity contribution is 5.89. The molecule has 2 rings (SSSR count). The van der Waals surface area contributed by atoms with Gasteiger partial charge in [0.1, 0.15) is 0 Å². The van der Waals surface area contributed by atoms with Crippen molar-refractivity contribution in [3.8, 4) is 5.69 Å². The second-order valence-corrected chi connectivity index (χ2v) is 4.07. The Balaban J connectivity index is 2.01. The Labute approximate surface area is 111 Å². The normalized spacial score (nSPS) is 10.2. The monoisotopic (exact) mass is 260 g/mol. The number of rotatable bonds is 4. The maximum atomic E-state index is 11.7. The van der Waals surface area contributed by atoms with E-state index < -0.39 is 0 Å². The third-order valence-corrected chi connectivity index (χ3v) is 2.67. The first-order chi connectivity index (χ1) is 9.20. The highest BCUT2D eigenvalue weighted by atomic mass is 16.3. The van der Waals surface area contributed by atoms with Crippen LogP contribution in [0.15, 0.2) is 42.7 Å². The summed E-state index contributed by atoms with van der Waals surface area (Å²) in [6.07, 6.45) is 3.56. The number of urea groups is 1. The number of amides is 2. The van der Waals surface area contributed by atoms with Crippen LogP contribution in [0.1, 0.15) is 0 Å². The number of anilines is 1. The lowest BCUT2D eigenvalue weighted by molar-refractivity contribution is 0.202. The molecule has 6 heteroatoms. The van der Waals surface area contributed by atoms with Crippen molar-refractivity contribution in [1.82, 2.24) is 14.7 Å². The molecule has 1 heterocycles. The summed E-state index contributed by atoms with van der Waals surface area (Å²) in [5, 5.41) is 15.6. The number of aromatic nitrogens is 2. The molecule has 2 aromatic rings. The van der Waals surface area contributed by atoms with Crippen LogP contribution in [0.3, 0.4) is 0 Å². The summed E-state index contributed by atoms with van der Waals surface area (Å²) in [7, 11) is 1.63. The molecule has 0 unspecified atom stereocenters. The van der Waals surface area contributed by atoms with Gasteiger partial charge in [-0.1, -0.05) is 0 Å². The molecule has 1 aromatic heterocycles. The van der Waals surface area contributed by atoms with Crippen molar-refractivity contribution in [3.05, 3.63) is 42.7 Å². The van der Waals surface area contributed by atoms with E-state index in [1.165, 1.54) is 4.90 Å². The smallest absolute Gasteiger partial charge is 0.321 e. The van der Waals surface area contributed by atoms with Crippen LogP contribution in [0.2, 0.25) is 0 Å². The third-order valence-electron chi connectivity index (χ3n) is 2.67. The van der Waals surface area contributed by atoms with Crippen molar-refractivity contribution >= 4 is 11.7 Å². The molecule has 2 amide bonds. The van der Waals surface area contributed by atoms with E-state index in [2.05, 4.69) is 10.4 Å². The topological polar surface area (TPSA) is 70.4 Å². The molecule has 0 saturated carbocycles. The third kappa shape index (κ3) is 3.32. The maximum absolute atomic E-state index is 11.7. The van der Waals surface area contributed by atoms with Crippen LogP contribution in [0.5, 0.6) is 0 Å². The first-order valence-electron chi connectivity index (χ1n) is 5.94. The minimum Gasteiger partial charge on any atom is -0.395 e. The summed E-state index contributed by atoms with van der Waals surface area (Å²) in [5.41, 5.74) is 1.62. The van der Waals surface area contributed by atoms with Gasteiger partial charge in [-0.2, -0.15) is 5.10 Å². The largest absolute Gasteiger partial charge is 0.395 e. The second-order valence-electron chi connectivity index (χ2n) is 4.07. The second kappa shape index (κ2) is 6.01. The van der Waals surface area contributed by atoms with E-state index in [0.717, 1.165) is 5.69 Å². The predicted molar refractivity (Wildman–Crippen MR) is 72.3 cm³/mol. The van der Waals surface area contributed by atoms with Gasteiger partial charge in [-0.25, -0.2) is 9.48 Å². The maximum Gasteiger partial charge on any atom is 0.321 e. The number of carbonyl (C=O) groups excluding carboxylic acids is 1. The van der Waals surface area contributed by atoms with Crippen LogP contribution in [0, 0.1) is 0 Å². The van der Waals surface area contributed by atoms with E-state index in [0.29, 0.717) is 12.2 Å². The Hall–Kier alpha value is -2.34. The minimum atomic E-state index is -0.249. The molecule has 0 radical (unpaired) electrons. The molecule has 0 fully saturated rings. The van der Waals surface area contributed by atoms with Crippen LogP contribution in [-0.4, -0.2) is 46.0 Å². The van der Waals surface area contributed by atoms with Gasteiger partial charge in [-0.15, -0.1) is 0 Å². The van der Waals surface area contributed by atoms with E-state index in [9.17, 15) is 4.79 Å². The number of carbonyl (C=O) groups is 1. The summed E-state index contributed by atoms with van der Waals surface area (Å²) in [4.78, 5) is 13.1. The lowest BCUT2D eigenvalue weighted by atomic mass is 10.3. The fraction of sp³-hybridized carbons (Fsp3) is 0.231. The standard InChI is InChI=1S/C13H16N4O2/c1-16(9-10-18)13(19)15-11-3-5-12(6-4-11)17-8-2-7-14-17/h2-8,18H,9-10H2,1H3,(H,15,19). The summed E-state index contributed by atoms with van der Waals surface area (Å²) in [5.74, 6) is 0. The van der Waals surface area contributed by atoms with Crippen LogP contribution >= 0.6 is 0 Å². The van der Waals surface area contributed by atoms with Crippen LogP contribution in [-0.2, 0) is 0 Å². The van der Waals surface area contributed by atoms with Gasteiger partial charge in [0.05, 0.1) is 12.3 Å². The molecule has 6 nitrogen and oxygen atoms in total. The lowest BCUT2D eigenvalue weighted by Gasteiger charge is -2.16. The number of aliphatic hydroxyl groups is 1. The molecular weight excluding hydrogens is 244 g/mol. The van der Waals surface area contributed by atoms with Gasteiger partial charge in [0.25, 0.3) is 0 Å². The Kier molecular flexibility index (Phi) is 4.15. The van der Waals surface area contributed by atoms with Crippen molar-refractivity contribution < 1.29 is 9.90 Å². The number of benzene rings is 1. The summed E-state index contributed by atoms with van der Waals surface area (Å²) < 4.78 is 1.74. The summed E-state index contributed by atoms with van der Waals surface area (Å²) >= 11 is 0. The molecular formula is C13H16N4O2. The molecule has 0 bridgehead atoms. The SMILES string of the molecule is CN(CCO)C(=O)Nc1ccc(-n2cccn2)cc1. The number of hydrogen-bond acceptors (Lipinski definition) is 3. The van der Waals surface area contributed by atoms with Crippen molar-refractivity contribution in [2.24, 2.45) is 0 Å². The van der Waals surface area contributed by atoms with Gasteiger partial charge in [0.15, 0.2) is 0 Å². The molecule has 100 valence electrons. The van der Waals surface area contributed by atoms with Gasteiger partial charge < -0.3 is 15.3 Å². The summed E-state index contributed by atoms with van der Waals surface area (Å²) in [6, 6.07) is 8.95. The first-order valence-corrected chi connectivity index (χ1v) is 5.94. The Bertz CT molecular complexity index is 522. The molecule has 1 aromatic carbocycles. The number of aliphatic hydroxyl groups excluding tert-OH is 1. The Morgan fingerprint density at radius 3 is 2.74 bits per heavy atom. The van der Waals surface area contributed by atoms with E-state index >= 15 is 0 Å². The average molecular weight is 260 g/mol. The van der Waals surface area contributed by atoms with Gasteiger partial charge in [-0.05, 0) is 30.3 Å². The van der Waals surface area contributed by atoms with Gasteiger partial charge in [-0.3, -0.25) is 0 Å². The van der Waals surface area contributed by atoms with Crippen molar-refractivity contribution in [2.75, 3.05) is 25.5 Å². The van der Waals surface area contributed by atoms with Crippen LogP contribution in [0.25, 0.3) is 5.69 Å². The van der Waals surface area contributed by atoms with Crippen molar-refractivity contribution in [2.45, 2.75) is 0 Å². The summed E-state index contributed by atoms with van der Waals surface area (Å²) in [6.45, 7) is 0.249. The van der Waals surface area contributed by atoms with E-state index in [4.69, 9.17) is 5.11 Å². The van der Waals surface area contributed by atoms with Crippen molar-refractivity contribution in [1.29, 1.82) is 0 Å². The van der Waals surface area contributed by atoms with E-state index in [-0.39, 0.29) is 12.6 Å². The van der Waals surface area contributed by atoms with Crippen LogP contribution in [0.4, 0.5) is 10.5 Å². The predicted octanol–water partition coefficient (Wildman–Crippen LogP) is 1.33. The van der Waals surface area contributed by atoms with Gasteiger partial charge in [0.2, 0.25) is 0 Å². The molecule has 0 atom stereocenters. The van der Waals surface area contributed by atoms with E-state index in [1.807, 2.05) is 36.5 Å². The number of likely N-dealkylation sites (N-methyl/N-ethyl adjacent to an activating group) is 1. The molecule has 0 aliphatic rings. The molecule has 0 aliphatic carbocycles. The molecule has 0 spiro atoms. The number of nitrogens with zero attached hydrogens (tertiary/aromatic N) is 3. The minimum absolute atomic E-state index is 0.0534. The Morgan fingerprint density at radius 1 is 1.42 bits per heavy atom. The fourth-order valence-electron chi connectivity index (χ4n) is 1.59. The fourth-order valence-corrected chi connectivity index (χ4v) is 1.59. The average Bonchev–Trinajstić information content (AvgIpc) is 2.94. The highest BCUT2D eigenvalue weighted by Gasteiger charge is 2.07. The molecule has 0 aliphatic heterocycles. The molecule has 19 heavy (non-hydrogen) atoms. The number of hydrogen-bond donors (Lipinski definition) is 2. The highest BCUT2D eigenvalue weighted by Crippen LogP contribution is 2.12. The zero-order valence-corrected chi connectivity index (χ0v) is 10.7. The lowest BCUT2D eigenvalue weighted by Crippen LogP contribution is -2.33. The first kappa shape index (κ1) is 13.1. The zero-order valence-electron chi connectivity index (χ0n) is 10.7. The van der Waals surface area contributed by atoms with Crippen molar-refractivity contribution in [3.63, 3.8) is 0 Å². The van der Waals surface area contributed by atoms with Gasteiger partial charge in [0, 0.05) is 31.7 Å². The zero-order chi connectivity index (χ0) is 13.7. The van der Waals surface area contributed by atoms with E-state index in [1.54, 1.807) is 17.9 Å². The quantitative estimate of drug-likeness (QED) is 0.871. The molecule has 0 saturated heterocycles.